The molecule has 7 aromatic rings. The Kier molecular flexibility index (Phi) is 4.11. The van der Waals surface area contributed by atoms with Gasteiger partial charge in [0.15, 0.2) is 0 Å². The Morgan fingerprint density at radius 2 is 1.21 bits per heavy atom. The van der Waals surface area contributed by atoms with Gasteiger partial charge in [-0.1, -0.05) is 72.8 Å². The Labute approximate surface area is 200 Å². The summed E-state index contributed by atoms with van der Waals surface area (Å²) < 4.78 is 4.77. The van der Waals surface area contributed by atoms with E-state index in [1.807, 2.05) is 12.1 Å². The van der Waals surface area contributed by atoms with E-state index in [2.05, 4.69) is 108 Å². The standard InChI is InChI=1S/C31H18N2S/c32-19-20-13-15-25-26-16-14-21(18-31(26)34-30(25)17-20)22-7-1-4-10-27(22)33-28-11-5-2-8-23(28)24-9-3-6-12-29(24)33/h1-18H. The van der Waals surface area contributed by atoms with Crippen molar-refractivity contribution in [1.29, 1.82) is 5.26 Å². The summed E-state index contributed by atoms with van der Waals surface area (Å²) in [6.07, 6.45) is 0. The van der Waals surface area contributed by atoms with E-state index in [1.165, 1.54) is 54.1 Å². The summed E-state index contributed by atoms with van der Waals surface area (Å²) in [5, 5.41) is 14.3. The second kappa shape index (κ2) is 7.31. The van der Waals surface area contributed by atoms with Gasteiger partial charge in [0.25, 0.3) is 0 Å². The highest BCUT2D eigenvalue weighted by Gasteiger charge is 2.15. The number of nitrogens with zero attached hydrogens (tertiary/aromatic N) is 2. The molecule has 0 saturated heterocycles. The van der Waals surface area contributed by atoms with Crippen LogP contribution in [0, 0.1) is 11.3 Å². The first-order valence-corrected chi connectivity index (χ1v) is 12.1. The molecule has 2 nitrogen and oxygen atoms in total. The molecule has 0 unspecified atom stereocenters. The molecule has 2 heterocycles. The van der Waals surface area contributed by atoms with Crippen molar-refractivity contribution in [3.63, 3.8) is 0 Å². The van der Waals surface area contributed by atoms with Gasteiger partial charge in [0.1, 0.15) is 0 Å². The van der Waals surface area contributed by atoms with Gasteiger partial charge in [-0.2, -0.15) is 5.26 Å². The Bertz CT molecular complexity index is 1880. The van der Waals surface area contributed by atoms with Crippen molar-refractivity contribution in [3.05, 3.63) is 115 Å². The van der Waals surface area contributed by atoms with Crippen LogP contribution < -0.4 is 0 Å². The molecule has 2 aromatic heterocycles. The fourth-order valence-corrected chi connectivity index (χ4v) is 6.29. The van der Waals surface area contributed by atoms with Crippen LogP contribution in [0.1, 0.15) is 5.56 Å². The lowest BCUT2D eigenvalue weighted by atomic mass is 10.0. The normalized spacial score (nSPS) is 11.5. The van der Waals surface area contributed by atoms with Crippen LogP contribution >= 0.6 is 11.3 Å². The fraction of sp³-hybridized carbons (Fsp3) is 0. The van der Waals surface area contributed by atoms with Gasteiger partial charge in [-0.25, -0.2) is 0 Å². The molecule has 0 aliphatic rings. The minimum atomic E-state index is 0.705. The maximum atomic E-state index is 9.29. The van der Waals surface area contributed by atoms with Crippen LogP contribution in [0.2, 0.25) is 0 Å². The maximum Gasteiger partial charge on any atom is 0.0992 e. The maximum absolute atomic E-state index is 9.29. The average Bonchev–Trinajstić information content (AvgIpc) is 3.43. The molecule has 0 saturated carbocycles. The molecule has 0 spiro atoms. The number of fused-ring (bicyclic) bond motifs is 6. The van der Waals surface area contributed by atoms with Gasteiger partial charge >= 0.3 is 0 Å². The highest BCUT2D eigenvalue weighted by atomic mass is 32.1. The SMILES string of the molecule is N#Cc1ccc2c(c1)sc1cc(-c3ccccc3-n3c4ccccc4c4ccccc43)ccc12. The van der Waals surface area contributed by atoms with Gasteiger partial charge in [0, 0.05) is 36.5 Å². The average molecular weight is 451 g/mol. The van der Waals surface area contributed by atoms with Crippen LogP contribution in [0.15, 0.2) is 109 Å². The summed E-state index contributed by atoms with van der Waals surface area (Å²) in [4.78, 5) is 0. The minimum absolute atomic E-state index is 0.705. The molecule has 7 rings (SSSR count). The number of benzene rings is 5. The topological polar surface area (TPSA) is 28.7 Å². The molecule has 0 radical (unpaired) electrons. The molecule has 0 aliphatic carbocycles. The highest BCUT2D eigenvalue weighted by Crippen LogP contribution is 2.39. The third-order valence-corrected chi connectivity index (χ3v) is 7.75. The molecule has 158 valence electrons. The summed E-state index contributed by atoms with van der Waals surface area (Å²) in [7, 11) is 0. The van der Waals surface area contributed by atoms with Crippen LogP contribution in [0.5, 0.6) is 0 Å². The van der Waals surface area contributed by atoms with Gasteiger partial charge in [-0.3, -0.25) is 0 Å². The fourth-order valence-electron chi connectivity index (χ4n) is 5.11. The van der Waals surface area contributed by atoms with Crippen LogP contribution in [0.25, 0.3) is 58.8 Å². The van der Waals surface area contributed by atoms with Crippen molar-refractivity contribution in [2.75, 3.05) is 0 Å². The predicted molar refractivity (Wildman–Crippen MR) is 144 cm³/mol. The Morgan fingerprint density at radius 1 is 0.588 bits per heavy atom. The van der Waals surface area contributed by atoms with Crippen LogP contribution in [-0.2, 0) is 0 Å². The van der Waals surface area contributed by atoms with Gasteiger partial charge in [0.05, 0.1) is 28.4 Å². The van der Waals surface area contributed by atoms with Crippen LogP contribution in [-0.4, -0.2) is 4.57 Å². The van der Waals surface area contributed by atoms with Crippen molar-refractivity contribution in [2.24, 2.45) is 0 Å². The molecule has 34 heavy (non-hydrogen) atoms. The first kappa shape index (κ1) is 19.1. The van der Waals surface area contributed by atoms with Crippen molar-refractivity contribution < 1.29 is 0 Å². The Morgan fingerprint density at radius 3 is 1.94 bits per heavy atom. The lowest BCUT2D eigenvalue weighted by Gasteiger charge is -2.14. The van der Waals surface area contributed by atoms with Crippen molar-refractivity contribution in [1.82, 2.24) is 4.57 Å². The molecular formula is C31H18N2S. The second-order valence-corrected chi connectivity index (χ2v) is 9.61. The molecule has 0 amide bonds. The number of hydrogen-bond acceptors (Lipinski definition) is 2. The summed E-state index contributed by atoms with van der Waals surface area (Å²) in [5.74, 6) is 0. The zero-order chi connectivity index (χ0) is 22.6. The summed E-state index contributed by atoms with van der Waals surface area (Å²) in [6.45, 7) is 0. The first-order chi connectivity index (χ1) is 16.8. The van der Waals surface area contributed by atoms with Crippen molar-refractivity contribution in [2.45, 2.75) is 0 Å². The van der Waals surface area contributed by atoms with E-state index in [4.69, 9.17) is 0 Å². The van der Waals surface area contributed by atoms with Gasteiger partial charge < -0.3 is 4.57 Å². The molecule has 0 aliphatic heterocycles. The minimum Gasteiger partial charge on any atom is -0.309 e. The summed E-state index contributed by atoms with van der Waals surface area (Å²) in [6, 6.07) is 40.9. The van der Waals surface area contributed by atoms with Gasteiger partial charge in [0.2, 0.25) is 0 Å². The van der Waals surface area contributed by atoms with Crippen molar-refractivity contribution >= 4 is 53.3 Å². The van der Waals surface area contributed by atoms with E-state index in [0.717, 1.165) is 4.70 Å². The quantitative estimate of drug-likeness (QED) is 0.259. The molecule has 3 heteroatoms. The number of rotatable bonds is 2. The van der Waals surface area contributed by atoms with Crippen LogP contribution in [0.3, 0.4) is 0 Å². The van der Waals surface area contributed by atoms with E-state index in [0.29, 0.717) is 5.56 Å². The van der Waals surface area contributed by atoms with E-state index < -0.39 is 0 Å². The van der Waals surface area contributed by atoms with Crippen molar-refractivity contribution in [3.8, 4) is 22.9 Å². The van der Waals surface area contributed by atoms with E-state index in [9.17, 15) is 5.26 Å². The van der Waals surface area contributed by atoms with E-state index >= 15 is 0 Å². The Hall–Kier alpha value is -4.39. The largest absolute Gasteiger partial charge is 0.309 e. The molecule has 5 aromatic carbocycles. The molecule has 0 fully saturated rings. The summed E-state index contributed by atoms with van der Waals surface area (Å²) >= 11 is 1.75. The van der Waals surface area contributed by atoms with Gasteiger partial charge in [-0.05, 0) is 42.0 Å². The zero-order valence-electron chi connectivity index (χ0n) is 18.2. The van der Waals surface area contributed by atoms with Gasteiger partial charge in [-0.15, -0.1) is 11.3 Å². The molecule has 0 bridgehead atoms. The second-order valence-electron chi connectivity index (χ2n) is 8.52. The number of nitriles is 1. The summed E-state index contributed by atoms with van der Waals surface area (Å²) in [5.41, 5.74) is 6.69. The predicted octanol–water partition coefficient (Wildman–Crippen LogP) is 8.69. The van der Waals surface area contributed by atoms with E-state index in [1.54, 1.807) is 11.3 Å². The zero-order valence-corrected chi connectivity index (χ0v) is 19.0. The monoisotopic (exact) mass is 450 g/mol. The number of hydrogen-bond donors (Lipinski definition) is 0. The first-order valence-electron chi connectivity index (χ1n) is 11.3. The lowest BCUT2D eigenvalue weighted by molar-refractivity contribution is 1.18. The third-order valence-electron chi connectivity index (χ3n) is 6.64. The van der Waals surface area contributed by atoms with Crippen LogP contribution in [0.4, 0.5) is 0 Å². The smallest absolute Gasteiger partial charge is 0.0992 e. The number of para-hydroxylation sites is 3. The molecule has 0 N–H and O–H groups in total. The van der Waals surface area contributed by atoms with E-state index in [-0.39, 0.29) is 0 Å². The molecule has 0 atom stereocenters. The number of aromatic nitrogens is 1. The highest BCUT2D eigenvalue weighted by molar-refractivity contribution is 7.25. The third kappa shape index (κ3) is 2.73. The Balaban J connectivity index is 1.49. The lowest BCUT2D eigenvalue weighted by Crippen LogP contribution is -1.96. The molecular weight excluding hydrogens is 432 g/mol. The number of thiophene rings is 1.